The summed E-state index contributed by atoms with van der Waals surface area (Å²) in [6.45, 7) is 4.88. The standard InChI is InChI=1S/C16H22N4/c1-12-7-8-14(9-17-12)11-20-10-13(2)18-16(20)19-15-5-3-4-6-15/h7-10,15H,3-6,11H2,1-2H3,(H,18,19). The Hall–Kier alpha value is -1.84. The summed E-state index contributed by atoms with van der Waals surface area (Å²) in [5, 5.41) is 3.59. The third-order valence-electron chi connectivity index (χ3n) is 3.91. The zero-order valence-electron chi connectivity index (χ0n) is 12.3. The van der Waals surface area contributed by atoms with E-state index in [1.807, 2.05) is 20.0 Å². The van der Waals surface area contributed by atoms with Gasteiger partial charge in [-0.3, -0.25) is 4.98 Å². The lowest BCUT2D eigenvalue weighted by atomic mass is 10.2. The van der Waals surface area contributed by atoms with Gasteiger partial charge >= 0.3 is 0 Å². The number of anilines is 1. The number of aromatic nitrogens is 3. The third-order valence-corrected chi connectivity index (χ3v) is 3.91. The van der Waals surface area contributed by atoms with Crippen LogP contribution in [0.15, 0.2) is 24.5 Å². The molecule has 4 heteroatoms. The highest BCUT2D eigenvalue weighted by Gasteiger charge is 2.17. The van der Waals surface area contributed by atoms with Crippen LogP contribution in [0, 0.1) is 13.8 Å². The van der Waals surface area contributed by atoms with Crippen molar-refractivity contribution in [3.63, 3.8) is 0 Å². The summed E-state index contributed by atoms with van der Waals surface area (Å²) in [7, 11) is 0. The van der Waals surface area contributed by atoms with Crippen molar-refractivity contribution < 1.29 is 0 Å². The van der Waals surface area contributed by atoms with E-state index in [0.717, 1.165) is 23.9 Å². The minimum absolute atomic E-state index is 0.590. The highest BCUT2D eigenvalue weighted by atomic mass is 15.2. The first kappa shape index (κ1) is 13.2. The van der Waals surface area contributed by atoms with E-state index in [-0.39, 0.29) is 0 Å². The zero-order valence-corrected chi connectivity index (χ0v) is 12.3. The maximum atomic E-state index is 4.62. The summed E-state index contributed by atoms with van der Waals surface area (Å²) in [4.78, 5) is 8.98. The second kappa shape index (κ2) is 5.65. The Balaban J connectivity index is 1.76. The molecule has 0 unspecified atom stereocenters. The van der Waals surface area contributed by atoms with Gasteiger partial charge in [0.25, 0.3) is 0 Å². The molecule has 106 valence electrons. The first-order valence-corrected chi connectivity index (χ1v) is 7.42. The average Bonchev–Trinajstić information content (AvgIpc) is 3.03. The van der Waals surface area contributed by atoms with E-state index in [9.17, 15) is 0 Å². The second-order valence-electron chi connectivity index (χ2n) is 5.77. The van der Waals surface area contributed by atoms with Crippen molar-refractivity contribution in [3.05, 3.63) is 41.5 Å². The minimum Gasteiger partial charge on any atom is -0.353 e. The van der Waals surface area contributed by atoms with E-state index in [2.05, 4.69) is 38.2 Å². The van der Waals surface area contributed by atoms with Gasteiger partial charge in [0, 0.05) is 24.1 Å². The summed E-state index contributed by atoms with van der Waals surface area (Å²) < 4.78 is 2.19. The Bertz CT molecular complexity index is 565. The van der Waals surface area contributed by atoms with Crippen molar-refractivity contribution in [2.45, 2.75) is 52.1 Å². The van der Waals surface area contributed by atoms with Gasteiger partial charge in [0.1, 0.15) is 0 Å². The maximum absolute atomic E-state index is 4.62. The number of rotatable bonds is 4. The molecule has 0 aromatic carbocycles. The largest absolute Gasteiger partial charge is 0.353 e. The molecule has 0 amide bonds. The lowest BCUT2D eigenvalue weighted by Gasteiger charge is -2.14. The molecule has 20 heavy (non-hydrogen) atoms. The van der Waals surface area contributed by atoms with Crippen molar-refractivity contribution in [1.29, 1.82) is 0 Å². The van der Waals surface area contributed by atoms with Crippen LogP contribution in [0.25, 0.3) is 0 Å². The molecule has 3 rings (SSSR count). The van der Waals surface area contributed by atoms with E-state index in [0.29, 0.717) is 6.04 Å². The number of imidazole rings is 1. The monoisotopic (exact) mass is 270 g/mol. The van der Waals surface area contributed by atoms with Gasteiger partial charge in [-0.2, -0.15) is 0 Å². The van der Waals surface area contributed by atoms with Crippen LogP contribution in [0.5, 0.6) is 0 Å². The van der Waals surface area contributed by atoms with Crippen molar-refractivity contribution >= 4 is 5.95 Å². The number of hydrogen-bond acceptors (Lipinski definition) is 3. The Morgan fingerprint density at radius 1 is 1.20 bits per heavy atom. The van der Waals surface area contributed by atoms with Crippen molar-refractivity contribution in [2.24, 2.45) is 0 Å². The Labute approximate surface area is 120 Å². The van der Waals surface area contributed by atoms with Crippen molar-refractivity contribution in [2.75, 3.05) is 5.32 Å². The quantitative estimate of drug-likeness (QED) is 0.927. The molecule has 0 saturated heterocycles. The summed E-state index contributed by atoms with van der Waals surface area (Å²) in [6, 6.07) is 4.78. The van der Waals surface area contributed by atoms with Gasteiger partial charge in [-0.25, -0.2) is 4.98 Å². The summed E-state index contributed by atoms with van der Waals surface area (Å²) in [5.74, 6) is 0.995. The highest BCUT2D eigenvalue weighted by Crippen LogP contribution is 2.22. The van der Waals surface area contributed by atoms with Gasteiger partial charge in [0.05, 0.1) is 12.2 Å². The molecule has 0 atom stereocenters. The number of nitrogens with zero attached hydrogens (tertiary/aromatic N) is 3. The summed E-state index contributed by atoms with van der Waals surface area (Å²) in [5.41, 5.74) is 3.33. The van der Waals surface area contributed by atoms with Gasteiger partial charge in [-0.15, -0.1) is 0 Å². The van der Waals surface area contributed by atoms with Crippen molar-refractivity contribution in [1.82, 2.24) is 14.5 Å². The van der Waals surface area contributed by atoms with E-state index in [1.54, 1.807) is 0 Å². The molecule has 1 N–H and O–H groups in total. The summed E-state index contributed by atoms with van der Waals surface area (Å²) >= 11 is 0. The smallest absolute Gasteiger partial charge is 0.203 e. The van der Waals surface area contributed by atoms with Gasteiger partial charge in [-0.05, 0) is 38.3 Å². The molecular weight excluding hydrogens is 248 g/mol. The molecule has 0 bridgehead atoms. The predicted molar refractivity (Wildman–Crippen MR) is 80.9 cm³/mol. The molecule has 0 aliphatic heterocycles. The van der Waals surface area contributed by atoms with Crippen LogP contribution in [-0.2, 0) is 6.54 Å². The topological polar surface area (TPSA) is 42.7 Å². The molecule has 0 spiro atoms. The number of nitrogens with one attached hydrogen (secondary N) is 1. The molecule has 0 radical (unpaired) electrons. The molecule has 1 aliphatic carbocycles. The van der Waals surface area contributed by atoms with E-state index >= 15 is 0 Å². The molecule has 1 aliphatic rings. The third kappa shape index (κ3) is 3.00. The lowest BCUT2D eigenvalue weighted by molar-refractivity contribution is 0.715. The van der Waals surface area contributed by atoms with E-state index in [1.165, 1.54) is 31.2 Å². The molecular formula is C16H22N4. The van der Waals surface area contributed by atoms with Crippen LogP contribution < -0.4 is 5.32 Å². The van der Waals surface area contributed by atoms with Crippen LogP contribution in [0.4, 0.5) is 5.95 Å². The van der Waals surface area contributed by atoms with Gasteiger partial charge in [0.15, 0.2) is 0 Å². The zero-order chi connectivity index (χ0) is 13.9. The number of aryl methyl sites for hydroxylation is 2. The van der Waals surface area contributed by atoms with Crippen LogP contribution in [0.3, 0.4) is 0 Å². The van der Waals surface area contributed by atoms with Crippen LogP contribution >= 0.6 is 0 Å². The fraction of sp³-hybridized carbons (Fsp3) is 0.500. The van der Waals surface area contributed by atoms with Crippen LogP contribution in [-0.4, -0.2) is 20.6 Å². The summed E-state index contributed by atoms with van der Waals surface area (Å²) in [6.07, 6.45) is 9.25. The molecule has 1 saturated carbocycles. The fourth-order valence-corrected chi connectivity index (χ4v) is 2.82. The molecule has 2 heterocycles. The maximum Gasteiger partial charge on any atom is 0.203 e. The molecule has 1 fully saturated rings. The first-order valence-electron chi connectivity index (χ1n) is 7.42. The first-order chi connectivity index (χ1) is 9.70. The molecule has 2 aromatic heterocycles. The van der Waals surface area contributed by atoms with Gasteiger partial charge in [-0.1, -0.05) is 18.9 Å². The lowest BCUT2D eigenvalue weighted by Crippen LogP contribution is -2.18. The molecule has 2 aromatic rings. The minimum atomic E-state index is 0.590. The number of pyridine rings is 1. The van der Waals surface area contributed by atoms with Crippen LogP contribution in [0.2, 0.25) is 0 Å². The van der Waals surface area contributed by atoms with Crippen molar-refractivity contribution in [3.8, 4) is 0 Å². The average molecular weight is 270 g/mol. The second-order valence-corrected chi connectivity index (χ2v) is 5.77. The number of hydrogen-bond donors (Lipinski definition) is 1. The fourth-order valence-electron chi connectivity index (χ4n) is 2.82. The van der Waals surface area contributed by atoms with E-state index < -0.39 is 0 Å². The van der Waals surface area contributed by atoms with Crippen LogP contribution in [0.1, 0.15) is 42.6 Å². The van der Waals surface area contributed by atoms with E-state index in [4.69, 9.17) is 0 Å². The molecule has 4 nitrogen and oxygen atoms in total. The van der Waals surface area contributed by atoms with Gasteiger partial charge in [0.2, 0.25) is 5.95 Å². The SMILES string of the molecule is Cc1ccc(Cn2cc(C)nc2NC2CCCC2)cn1. The normalized spacial score (nSPS) is 15.7. The Morgan fingerprint density at radius 3 is 2.70 bits per heavy atom. The predicted octanol–water partition coefficient (Wildman–Crippen LogP) is 3.30. The Kier molecular flexibility index (Phi) is 3.72. The highest BCUT2D eigenvalue weighted by molar-refractivity contribution is 5.32. The Morgan fingerprint density at radius 2 is 2.00 bits per heavy atom. The van der Waals surface area contributed by atoms with Gasteiger partial charge < -0.3 is 9.88 Å².